The first-order valence-electron chi connectivity index (χ1n) is 4.88. The van der Waals surface area contributed by atoms with Crippen molar-refractivity contribution in [2.24, 2.45) is 0 Å². The van der Waals surface area contributed by atoms with Gasteiger partial charge in [0.1, 0.15) is 17.7 Å². The van der Waals surface area contributed by atoms with Crippen LogP contribution < -0.4 is 10.5 Å². The fourth-order valence-electron chi connectivity index (χ4n) is 1.87. The lowest BCUT2D eigenvalue weighted by Crippen LogP contribution is -2.03. The minimum atomic E-state index is 0.0206. The molecule has 4 nitrogen and oxygen atoms in total. The molecule has 0 saturated heterocycles. The minimum absolute atomic E-state index is 0.0206. The number of anilines is 1. The molecule has 1 unspecified atom stereocenters. The van der Waals surface area contributed by atoms with Gasteiger partial charge in [-0.2, -0.15) is 5.10 Å². The summed E-state index contributed by atoms with van der Waals surface area (Å²) in [6.45, 7) is 0. The summed E-state index contributed by atoms with van der Waals surface area (Å²) in [5.41, 5.74) is 7.72. The number of H-pyrrole nitrogens is 1. The Morgan fingerprint density at radius 1 is 1.40 bits per heavy atom. The predicted molar refractivity (Wildman–Crippen MR) is 56.5 cm³/mol. The number of hydrogen-bond acceptors (Lipinski definition) is 3. The maximum absolute atomic E-state index is 5.78. The monoisotopic (exact) mass is 201 g/mol. The van der Waals surface area contributed by atoms with Crippen LogP contribution in [0.2, 0.25) is 0 Å². The molecule has 1 aliphatic rings. The van der Waals surface area contributed by atoms with Crippen LogP contribution in [0.25, 0.3) is 0 Å². The van der Waals surface area contributed by atoms with Gasteiger partial charge >= 0.3 is 0 Å². The summed E-state index contributed by atoms with van der Waals surface area (Å²) in [5, 5.41) is 6.78. The molecule has 0 saturated carbocycles. The molecule has 0 radical (unpaired) electrons. The molecule has 2 heterocycles. The van der Waals surface area contributed by atoms with Crippen molar-refractivity contribution in [3.63, 3.8) is 0 Å². The zero-order chi connectivity index (χ0) is 10.3. The lowest BCUT2D eigenvalue weighted by Gasteiger charge is -2.06. The second-order valence-electron chi connectivity index (χ2n) is 3.67. The molecule has 0 spiro atoms. The molecule has 1 aliphatic heterocycles. The number of rotatable bonds is 1. The van der Waals surface area contributed by atoms with Crippen molar-refractivity contribution < 1.29 is 4.74 Å². The number of ether oxygens (including phenoxy) is 1. The van der Waals surface area contributed by atoms with E-state index >= 15 is 0 Å². The zero-order valence-electron chi connectivity index (χ0n) is 8.10. The highest BCUT2D eigenvalue weighted by atomic mass is 16.5. The van der Waals surface area contributed by atoms with Crippen molar-refractivity contribution in [2.75, 3.05) is 5.73 Å². The second kappa shape index (κ2) is 3.02. The first kappa shape index (κ1) is 8.35. The summed E-state index contributed by atoms with van der Waals surface area (Å²) in [5.74, 6) is 1.46. The van der Waals surface area contributed by atoms with E-state index in [-0.39, 0.29) is 6.10 Å². The molecule has 0 fully saturated rings. The number of nitrogens with two attached hydrogens (primary N) is 1. The standard InChI is InChI=1S/C11H11N3O/c12-11-6-8(13-14-11)10-5-7-3-1-2-4-9(7)15-10/h1-4,6,10H,5H2,(H3,12,13,14). The Kier molecular flexibility index (Phi) is 1.68. The number of hydrogen-bond donors (Lipinski definition) is 2. The number of aromatic amines is 1. The fraction of sp³-hybridized carbons (Fsp3) is 0.182. The first-order chi connectivity index (χ1) is 7.33. The highest BCUT2D eigenvalue weighted by molar-refractivity contribution is 5.40. The Morgan fingerprint density at radius 3 is 3.00 bits per heavy atom. The Balaban J connectivity index is 1.90. The van der Waals surface area contributed by atoms with E-state index in [1.807, 2.05) is 24.3 Å². The van der Waals surface area contributed by atoms with E-state index in [9.17, 15) is 0 Å². The van der Waals surface area contributed by atoms with E-state index in [0.29, 0.717) is 5.82 Å². The van der Waals surface area contributed by atoms with Crippen molar-refractivity contribution in [1.82, 2.24) is 10.2 Å². The predicted octanol–water partition coefficient (Wildman–Crippen LogP) is 1.67. The van der Waals surface area contributed by atoms with Crippen LogP contribution >= 0.6 is 0 Å². The molecule has 0 amide bonds. The number of benzene rings is 1. The van der Waals surface area contributed by atoms with Gasteiger partial charge in [0.2, 0.25) is 0 Å². The van der Waals surface area contributed by atoms with Crippen LogP contribution in [0.3, 0.4) is 0 Å². The quantitative estimate of drug-likeness (QED) is 0.737. The lowest BCUT2D eigenvalue weighted by atomic mass is 10.1. The van der Waals surface area contributed by atoms with Crippen molar-refractivity contribution >= 4 is 5.82 Å². The molecule has 1 aromatic heterocycles. The van der Waals surface area contributed by atoms with Crippen molar-refractivity contribution in [3.05, 3.63) is 41.6 Å². The minimum Gasteiger partial charge on any atom is -0.484 e. The van der Waals surface area contributed by atoms with E-state index < -0.39 is 0 Å². The van der Waals surface area contributed by atoms with Gasteiger partial charge in [-0.05, 0) is 11.6 Å². The van der Waals surface area contributed by atoms with E-state index in [1.54, 1.807) is 0 Å². The number of para-hydroxylation sites is 1. The lowest BCUT2D eigenvalue weighted by molar-refractivity contribution is 0.233. The molecule has 1 aromatic carbocycles. The van der Waals surface area contributed by atoms with Crippen LogP contribution in [0.1, 0.15) is 17.4 Å². The van der Waals surface area contributed by atoms with Crippen LogP contribution in [0, 0.1) is 0 Å². The third-order valence-electron chi connectivity index (χ3n) is 2.61. The average molecular weight is 201 g/mol. The van der Waals surface area contributed by atoms with Crippen molar-refractivity contribution in [3.8, 4) is 5.75 Å². The smallest absolute Gasteiger partial charge is 0.145 e. The van der Waals surface area contributed by atoms with Gasteiger partial charge in [-0.25, -0.2) is 0 Å². The summed E-state index contributed by atoms with van der Waals surface area (Å²) in [6, 6.07) is 9.87. The van der Waals surface area contributed by atoms with Gasteiger partial charge in [0, 0.05) is 12.5 Å². The molecule has 3 N–H and O–H groups in total. The van der Waals surface area contributed by atoms with Gasteiger partial charge in [0.15, 0.2) is 0 Å². The maximum Gasteiger partial charge on any atom is 0.145 e. The largest absolute Gasteiger partial charge is 0.484 e. The number of nitrogen functional groups attached to an aromatic ring is 1. The third-order valence-corrected chi connectivity index (χ3v) is 2.61. The van der Waals surface area contributed by atoms with Gasteiger partial charge in [-0.1, -0.05) is 18.2 Å². The average Bonchev–Trinajstić information content (AvgIpc) is 2.82. The summed E-state index contributed by atoms with van der Waals surface area (Å²) in [6.07, 6.45) is 0.893. The Hall–Kier alpha value is -1.97. The van der Waals surface area contributed by atoms with Gasteiger partial charge in [-0.15, -0.1) is 0 Å². The van der Waals surface area contributed by atoms with Crippen LogP contribution in [-0.4, -0.2) is 10.2 Å². The molecule has 1 atom stereocenters. The summed E-state index contributed by atoms with van der Waals surface area (Å²) in [7, 11) is 0. The summed E-state index contributed by atoms with van der Waals surface area (Å²) in [4.78, 5) is 0. The second-order valence-corrected chi connectivity index (χ2v) is 3.67. The highest BCUT2D eigenvalue weighted by Crippen LogP contribution is 2.35. The highest BCUT2D eigenvalue weighted by Gasteiger charge is 2.25. The number of nitrogens with one attached hydrogen (secondary N) is 1. The van der Waals surface area contributed by atoms with E-state index in [4.69, 9.17) is 10.5 Å². The zero-order valence-corrected chi connectivity index (χ0v) is 8.10. The van der Waals surface area contributed by atoms with Crippen molar-refractivity contribution in [1.29, 1.82) is 0 Å². The van der Waals surface area contributed by atoms with Gasteiger partial charge in [0.05, 0.1) is 5.69 Å². The van der Waals surface area contributed by atoms with Crippen LogP contribution in [0.15, 0.2) is 30.3 Å². The number of fused-ring (bicyclic) bond motifs is 1. The Morgan fingerprint density at radius 2 is 2.27 bits per heavy atom. The normalized spacial score (nSPS) is 18.5. The number of nitrogens with zero attached hydrogens (tertiary/aromatic N) is 1. The molecule has 15 heavy (non-hydrogen) atoms. The molecule has 4 heteroatoms. The molecule has 76 valence electrons. The summed E-state index contributed by atoms with van der Waals surface area (Å²) < 4.78 is 5.78. The third kappa shape index (κ3) is 1.34. The van der Waals surface area contributed by atoms with Crippen LogP contribution in [0.4, 0.5) is 5.82 Å². The van der Waals surface area contributed by atoms with Gasteiger partial charge in [-0.3, -0.25) is 5.10 Å². The molecular formula is C11H11N3O. The number of aromatic nitrogens is 2. The molecule has 2 aromatic rings. The summed E-state index contributed by atoms with van der Waals surface area (Å²) >= 11 is 0. The molecule has 3 rings (SSSR count). The topological polar surface area (TPSA) is 63.9 Å². The van der Waals surface area contributed by atoms with Gasteiger partial charge < -0.3 is 10.5 Å². The van der Waals surface area contributed by atoms with Crippen LogP contribution in [-0.2, 0) is 6.42 Å². The molecular weight excluding hydrogens is 190 g/mol. The molecule has 0 aliphatic carbocycles. The Labute approximate surface area is 87.1 Å². The first-order valence-corrected chi connectivity index (χ1v) is 4.88. The van der Waals surface area contributed by atoms with Crippen LogP contribution in [0.5, 0.6) is 5.75 Å². The SMILES string of the molecule is Nc1cc(C2Cc3ccccc3O2)[nH]n1. The van der Waals surface area contributed by atoms with E-state index in [2.05, 4.69) is 16.3 Å². The molecule has 0 bridgehead atoms. The van der Waals surface area contributed by atoms with Crippen molar-refractivity contribution in [2.45, 2.75) is 12.5 Å². The fourth-order valence-corrected chi connectivity index (χ4v) is 1.87. The maximum atomic E-state index is 5.78. The Bertz CT molecular complexity index is 467. The van der Waals surface area contributed by atoms with Gasteiger partial charge in [0.25, 0.3) is 0 Å². The van der Waals surface area contributed by atoms with E-state index in [1.165, 1.54) is 5.56 Å². The van der Waals surface area contributed by atoms with E-state index in [0.717, 1.165) is 17.9 Å².